The number of amides is 6. The molecule has 7 aromatic heterocycles. The Morgan fingerprint density at radius 1 is 0.735 bits per heavy atom. The van der Waals surface area contributed by atoms with E-state index >= 15 is 0 Å². The number of nitrogens with one attached hydrogen (secondary N) is 6. The molecule has 0 spiro atoms. The summed E-state index contributed by atoms with van der Waals surface area (Å²) in [5, 5.41) is 45.1. The van der Waals surface area contributed by atoms with E-state index in [1.807, 2.05) is 19.9 Å². The third-order valence-electron chi connectivity index (χ3n) is 12.8. The van der Waals surface area contributed by atoms with Crippen LogP contribution in [0.3, 0.4) is 0 Å². The van der Waals surface area contributed by atoms with Gasteiger partial charge in [-0.3, -0.25) is 33.6 Å². The minimum Gasteiger partial charge on any atom is -0.481 e. The predicted octanol–water partition coefficient (Wildman–Crippen LogP) is 7.69. The monoisotopic (exact) mass is 1240 g/mol. The number of hydrogen-bond donors (Lipinski definition) is 8. The van der Waals surface area contributed by atoms with E-state index in [0.717, 1.165) is 11.3 Å². The van der Waals surface area contributed by atoms with Gasteiger partial charge in [-0.1, -0.05) is 50.6 Å². The van der Waals surface area contributed by atoms with Crippen molar-refractivity contribution in [3.05, 3.63) is 118 Å². The molecule has 83 heavy (non-hydrogen) atoms. The number of fused-ring (bicyclic) bond motifs is 14. The summed E-state index contributed by atoms with van der Waals surface area (Å²) in [5.41, 5.74) is 2.60. The third kappa shape index (κ3) is 14.4. The zero-order valence-electron chi connectivity index (χ0n) is 45.1. The highest BCUT2D eigenvalue weighted by Gasteiger charge is 2.33. The van der Waals surface area contributed by atoms with Crippen LogP contribution in [0.15, 0.2) is 64.8 Å². The molecule has 10 bridgehead atoms. The van der Waals surface area contributed by atoms with Crippen LogP contribution in [0.2, 0.25) is 0 Å². The second-order valence-corrected chi connectivity index (χ2v) is 25.1. The van der Waals surface area contributed by atoms with Crippen LogP contribution in [0.5, 0.6) is 0 Å². The molecule has 8 aromatic rings. The van der Waals surface area contributed by atoms with E-state index in [2.05, 4.69) is 41.9 Å². The maximum absolute atomic E-state index is 14.4. The number of methoxy groups -OCH3 is 1. The minimum atomic E-state index is -1.28. The maximum Gasteiger partial charge on any atom is 0.303 e. The number of aliphatic hydroxyl groups is 1. The van der Waals surface area contributed by atoms with Crippen molar-refractivity contribution in [1.29, 1.82) is 0 Å². The molecule has 1 aromatic carbocycles. The van der Waals surface area contributed by atoms with Gasteiger partial charge in [0.15, 0.2) is 0 Å². The minimum absolute atomic E-state index is 0.00374. The molecule has 8 N–H and O–H groups in total. The van der Waals surface area contributed by atoms with Crippen LogP contribution >= 0.6 is 68.0 Å². The molecule has 8 heterocycles. The average molecular weight is 1240 g/mol. The number of aromatic nitrogens is 7. The number of carbonyl (C=O) groups is 7. The Morgan fingerprint density at radius 2 is 1.51 bits per heavy atom. The van der Waals surface area contributed by atoms with Crippen LogP contribution in [0, 0.1) is 12.8 Å². The van der Waals surface area contributed by atoms with Crippen molar-refractivity contribution >= 4 is 109 Å². The van der Waals surface area contributed by atoms with Gasteiger partial charge < -0.3 is 46.9 Å². The van der Waals surface area contributed by atoms with E-state index in [1.54, 1.807) is 65.7 Å². The first kappa shape index (κ1) is 60.0. The Kier molecular flexibility index (Phi) is 19.6. The number of aliphatic carboxylic acids is 1. The van der Waals surface area contributed by atoms with Crippen LogP contribution in [0.25, 0.3) is 42.5 Å². The van der Waals surface area contributed by atoms with E-state index in [1.165, 1.54) is 70.8 Å². The molecule has 0 fully saturated rings. The molecule has 4 unspecified atom stereocenters. The van der Waals surface area contributed by atoms with Gasteiger partial charge in [0.05, 0.1) is 52.8 Å². The van der Waals surface area contributed by atoms with E-state index in [-0.39, 0.29) is 59.1 Å². The first-order chi connectivity index (χ1) is 40.0. The summed E-state index contributed by atoms with van der Waals surface area (Å²) >= 11 is 7.16. The van der Waals surface area contributed by atoms with E-state index in [9.17, 15) is 38.7 Å². The van der Waals surface area contributed by atoms with E-state index in [0.29, 0.717) is 93.7 Å². The topological polar surface area (TPSA) is 332 Å². The second-order valence-electron chi connectivity index (χ2n) is 19.1. The molecule has 23 nitrogen and oxygen atoms in total. The van der Waals surface area contributed by atoms with Crippen molar-refractivity contribution in [3.8, 4) is 42.5 Å². The molecule has 1 aliphatic rings. The number of pyridine rings is 1. The molecule has 432 valence electrons. The summed E-state index contributed by atoms with van der Waals surface area (Å²) in [6.45, 7) is 5.27. The van der Waals surface area contributed by atoms with Gasteiger partial charge in [-0.25, -0.2) is 34.9 Å². The van der Waals surface area contributed by atoms with Gasteiger partial charge in [-0.05, 0) is 43.4 Å². The summed E-state index contributed by atoms with van der Waals surface area (Å²) in [4.78, 5) is 128. The fourth-order valence-corrected chi connectivity index (χ4v) is 14.2. The van der Waals surface area contributed by atoms with Gasteiger partial charge in [-0.2, -0.15) is 0 Å². The third-order valence-corrected chi connectivity index (χ3v) is 18.7. The van der Waals surface area contributed by atoms with Crippen LogP contribution in [-0.2, 0) is 25.7 Å². The van der Waals surface area contributed by atoms with Crippen molar-refractivity contribution in [2.45, 2.75) is 83.7 Å². The number of carboxylic acid groups (broad SMARTS) is 1. The molecule has 0 radical (unpaired) electrons. The van der Waals surface area contributed by atoms with Crippen LogP contribution in [-0.4, -0.2) is 114 Å². The summed E-state index contributed by atoms with van der Waals surface area (Å²) in [6, 6.07) is 9.45. The molecule has 9 rings (SSSR count). The fourth-order valence-electron chi connectivity index (χ4n) is 8.55. The Morgan fingerprint density at radius 3 is 2.27 bits per heavy atom. The van der Waals surface area contributed by atoms with Crippen molar-refractivity contribution in [2.75, 3.05) is 27.2 Å². The lowest BCUT2D eigenvalue weighted by molar-refractivity contribution is -0.137. The van der Waals surface area contributed by atoms with Gasteiger partial charge in [0, 0.05) is 59.9 Å². The summed E-state index contributed by atoms with van der Waals surface area (Å²) in [6.07, 6.45) is 1.91. The molecule has 29 heteroatoms. The van der Waals surface area contributed by atoms with Gasteiger partial charge in [0.2, 0.25) is 11.8 Å². The quantitative estimate of drug-likeness (QED) is 0.0456. The first-order valence-corrected chi connectivity index (χ1v) is 31.0. The molecule has 0 aliphatic carbocycles. The Labute approximate surface area is 498 Å². The molecule has 0 saturated heterocycles. The standard InChI is InChI=1S/C54H55N13O10S6/c1-25(2)39-54-67-42(35(83-54)21-77-5)48(76)60-30(18-36(68)55-4)52-66-40(26(3)81-52)47(75)57-20-37(69)64-43(44(72)27-12-8-6-9-13-27)53-63-33(24-80-53)50-58-19-34(82-50)41-28(49-61-32(23-78-49)46(74)65-39)15-16-29(59-41)51-62-31(22-79-51)45(73)56-17-11-7-10-14-38(70)71/h6,8-9,12-13,15-16,19,22-25,30,39,43-44,72H,7,10-11,14,17-18,20-21H2,1-5H3,(H,55,68)(H,56,73)(H,57,75)(H,60,76)(H,64,69)(H,65,74)(H,70,71). The highest BCUT2D eigenvalue weighted by molar-refractivity contribution is 7.19. The summed E-state index contributed by atoms with van der Waals surface area (Å²) in [5.74, 6) is -4.44. The number of carbonyl (C=O) groups excluding carboxylic acids is 6. The number of unbranched alkanes of at least 4 members (excludes halogenated alkanes) is 2. The first-order valence-electron chi connectivity index (χ1n) is 25.9. The van der Waals surface area contributed by atoms with Gasteiger partial charge in [-0.15, -0.1) is 68.0 Å². The van der Waals surface area contributed by atoms with Gasteiger partial charge >= 0.3 is 5.97 Å². The molecular formula is C54H55N13O10S6. The lowest BCUT2D eigenvalue weighted by atomic mass is 10.0. The zero-order valence-corrected chi connectivity index (χ0v) is 50.0. The summed E-state index contributed by atoms with van der Waals surface area (Å²) < 4.78 is 5.50. The summed E-state index contributed by atoms with van der Waals surface area (Å²) in [7, 11) is 2.92. The normalized spacial score (nSPS) is 16.3. The lowest BCUT2D eigenvalue weighted by Crippen LogP contribution is -2.40. The number of aryl methyl sites for hydroxylation is 1. The number of nitrogens with zero attached hydrogens (tertiary/aromatic N) is 7. The van der Waals surface area contributed by atoms with Crippen LogP contribution in [0.1, 0.15) is 142 Å². The highest BCUT2D eigenvalue weighted by Crippen LogP contribution is 2.41. The Balaban J connectivity index is 1.10. The van der Waals surface area contributed by atoms with Crippen molar-refractivity contribution in [3.63, 3.8) is 0 Å². The molecule has 6 amide bonds. The van der Waals surface area contributed by atoms with E-state index in [4.69, 9.17) is 34.8 Å². The zero-order chi connectivity index (χ0) is 58.9. The van der Waals surface area contributed by atoms with E-state index < -0.39 is 66.3 Å². The largest absolute Gasteiger partial charge is 0.481 e. The molecule has 4 atom stereocenters. The van der Waals surface area contributed by atoms with Crippen LogP contribution < -0.4 is 31.9 Å². The molecular weight excluding hydrogens is 1180 g/mol. The number of hydrogen-bond acceptors (Lipinski definition) is 22. The van der Waals surface area contributed by atoms with Crippen molar-refractivity contribution in [1.82, 2.24) is 66.8 Å². The Bertz CT molecular complexity index is 3680. The molecule has 1 aliphatic heterocycles. The Hall–Kier alpha value is -7.64. The number of carboxylic acids is 1. The predicted molar refractivity (Wildman–Crippen MR) is 315 cm³/mol. The highest BCUT2D eigenvalue weighted by atomic mass is 32.1. The van der Waals surface area contributed by atoms with Gasteiger partial charge in [0.1, 0.15) is 70.7 Å². The maximum atomic E-state index is 14.4. The smallest absolute Gasteiger partial charge is 0.303 e. The number of thiazole rings is 6. The van der Waals surface area contributed by atoms with Gasteiger partial charge in [0.25, 0.3) is 23.6 Å². The van der Waals surface area contributed by atoms with Crippen molar-refractivity contribution < 1.29 is 48.5 Å². The number of ether oxygens (including phenoxy) is 1. The van der Waals surface area contributed by atoms with Crippen LogP contribution in [0.4, 0.5) is 0 Å². The fraction of sp³-hybridized carbons (Fsp3) is 0.333. The van der Waals surface area contributed by atoms with Crippen molar-refractivity contribution in [2.24, 2.45) is 5.92 Å². The number of benzene rings is 1. The molecule has 0 saturated carbocycles. The second kappa shape index (κ2) is 27.2. The average Bonchev–Trinajstić information content (AvgIpc) is 4.22. The lowest BCUT2D eigenvalue weighted by Gasteiger charge is -2.23. The number of rotatable bonds is 15. The number of aliphatic hydroxyl groups excluding tert-OH is 1. The SMILES string of the molecule is CNC(=O)CC1NC(=O)c2nc(sc2COC)C(C(C)C)NC(=O)c2csc(n2)-c2ccc(-c3nc(C(=O)NCCCCCC(=O)O)cs3)nc2-c2cnc(s2)-c2csc(n2)C(C(O)c2ccccc2)NC(=O)CNC(=O)c2nc1sc2C.